The number of nitrogens with zero attached hydrogens (tertiary/aromatic N) is 1. The molecule has 2 amide bonds. The number of rotatable bonds is 6. The third-order valence-electron chi connectivity index (χ3n) is 6.41. The lowest BCUT2D eigenvalue weighted by atomic mass is 9.73. The van der Waals surface area contributed by atoms with E-state index in [1.165, 1.54) is 0 Å². The van der Waals surface area contributed by atoms with Crippen molar-refractivity contribution in [1.29, 1.82) is 0 Å². The Balaban J connectivity index is 1.37. The molecule has 4 atom stereocenters. The van der Waals surface area contributed by atoms with Gasteiger partial charge >= 0.3 is 0 Å². The Labute approximate surface area is 160 Å². The van der Waals surface area contributed by atoms with Gasteiger partial charge in [-0.3, -0.25) is 14.5 Å². The number of fused-ring (bicyclic) bond motifs is 1. The number of aryl methyl sites for hydroxylation is 1. The van der Waals surface area contributed by atoms with E-state index in [1.54, 1.807) is 0 Å². The molecule has 4 rings (SSSR count). The second kappa shape index (κ2) is 7.24. The Morgan fingerprint density at radius 1 is 1.26 bits per heavy atom. The van der Waals surface area contributed by atoms with Crippen LogP contribution >= 0.6 is 0 Å². The van der Waals surface area contributed by atoms with Crippen molar-refractivity contribution in [1.82, 2.24) is 15.5 Å². The fraction of sp³-hybridized carbons (Fsp3) is 0.619. The molecule has 3 saturated heterocycles. The van der Waals surface area contributed by atoms with Gasteiger partial charge in [0.05, 0.1) is 18.2 Å². The zero-order chi connectivity index (χ0) is 19.0. The number of hydrogen-bond acceptors (Lipinski definition) is 4. The number of ether oxygens (including phenoxy) is 1. The van der Waals surface area contributed by atoms with Crippen LogP contribution in [0.15, 0.2) is 24.3 Å². The summed E-state index contributed by atoms with van der Waals surface area (Å²) in [6.07, 6.45) is 2.35. The number of nitrogens with one attached hydrogen (secondary N) is 2. The summed E-state index contributed by atoms with van der Waals surface area (Å²) in [5, 5.41) is 5.99. The summed E-state index contributed by atoms with van der Waals surface area (Å²) in [6.45, 7) is 7.38. The third-order valence-corrected chi connectivity index (χ3v) is 6.41. The van der Waals surface area contributed by atoms with Crippen LogP contribution in [0.1, 0.15) is 35.7 Å². The van der Waals surface area contributed by atoms with Crippen molar-refractivity contribution in [3.8, 4) is 0 Å². The van der Waals surface area contributed by atoms with E-state index in [1.807, 2.05) is 38.1 Å². The molecular weight excluding hydrogens is 342 g/mol. The van der Waals surface area contributed by atoms with Gasteiger partial charge in [0.2, 0.25) is 5.91 Å². The SMILES string of the molecule is CCNC(=O)CN1C[C@@H]2[C@H](CNC(=O)c3ccc(C)cc3)[C@H]3CC[C@]2(C1)O3. The summed E-state index contributed by atoms with van der Waals surface area (Å²) in [7, 11) is 0. The van der Waals surface area contributed by atoms with Crippen molar-refractivity contribution in [3.05, 3.63) is 35.4 Å². The van der Waals surface area contributed by atoms with Gasteiger partial charge in [0.25, 0.3) is 5.91 Å². The predicted octanol–water partition coefficient (Wildman–Crippen LogP) is 1.34. The number of benzene rings is 1. The standard InChI is InChI=1S/C21H29N3O3/c1-3-22-19(25)12-24-11-17-16(18-8-9-21(17,13-24)27-18)10-23-20(26)15-6-4-14(2)5-7-15/h4-7,16-18H,3,8-13H2,1-2H3,(H,22,25)(H,23,26)/t16-,17+,18+,21+/m0/s1. The van der Waals surface area contributed by atoms with Crippen LogP contribution in [0.3, 0.4) is 0 Å². The fourth-order valence-electron chi connectivity index (χ4n) is 5.15. The smallest absolute Gasteiger partial charge is 0.251 e. The molecule has 6 nitrogen and oxygen atoms in total. The highest BCUT2D eigenvalue weighted by Gasteiger charge is 2.62. The minimum absolute atomic E-state index is 0.0241. The van der Waals surface area contributed by atoms with E-state index in [0.717, 1.165) is 31.5 Å². The number of likely N-dealkylation sites (tertiary alicyclic amines) is 1. The maximum atomic E-state index is 12.5. The lowest BCUT2D eigenvalue weighted by Crippen LogP contribution is -2.41. The first-order valence-corrected chi connectivity index (χ1v) is 10.0. The molecule has 3 fully saturated rings. The summed E-state index contributed by atoms with van der Waals surface area (Å²) in [5.41, 5.74) is 1.73. The molecular formula is C21H29N3O3. The molecule has 3 aliphatic heterocycles. The lowest BCUT2D eigenvalue weighted by Gasteiger charge is -2.29. The van der Waals surface area contributed by atoms with Gasteiger partial charge in [-0.05, 0) is 38.8 Å². The second-order valence-electron chi connectivity index (χ2n) is 8.23. The molecule has 0 aromatic heterocycles. The van der Waals surface area contributed by atoms with Gasteiger partial charge in [-0.1, -0.05) is 17.7 Å². The molecule has 0 aliphatic carbocycles. The number of likely N-dealkylation sites (N-methyl/N-ethyl adjacent to an activating group) is 1. The van der Waals surface area contributed by atoms with E-state index in [9.17, 15) is 9.59 Å². The van der Waals surface area contributed by atoms with Crippen LogP contribution in [0.2, 0.25) is 0 Å². The van der Waals surface area contributed by atoms with Crippen LogP contribution < -0.4 is 10.6 Å². The summed E-state index contributed by atoms with van der Waals surface area (Å²) in [4.78, 5) is 26.6. The fourth-order valence-corrected chi connectivity index (χ4v) is 5.15. The van der Waals surface area contributed by atoms with Gasteiger partial charge in [-0.2, -0.15) is 0 Å². The molecule has 27 heavy (non-hydrogen) atoms. The first-order valence-electron chi connectivity index (χ1n) is 10.0. The van der Waals surface area contributed by atoms with Crippen molar-refractivity contribution >= 4 is 11.8 Å². The number of carbonyl (C=O) groups is 2. The van der Waals surface area contributed by atoms with Gasteiger partial charge in [0, 0.05) is 43.6 Å². The molecule has 3 heterocycles. The highest BCUT2D eigenvalue weighted by Crippen LogP contribution is 2.54. The van der Waals surface area contributed by atoms with Gasteiger partial charge < -0.3 is 15.4 Å². The second-order valence-corrected chi connectivity index (χ2v) is 8.23. The van der Waals surface area contributed by atoms with Crippen molar-refractivity contribution < 1.29 is 14.3 Å². The maximum absolute atomic E-state index is 12.5. The van der Waals surface area contributed by atoms with Crippen LogP contribution in [0, 0.1) is 18.8 Å². The van der Waals surface area contributed by atoms with Crippen LogP contribution in [0.25, 0.3) is 0 Å². The quantitative estimate of drug-likeness (QED) is 0.792. The first kappa shape index (κ1) is 18.4. The van der Waals surface area contributed by atoms with Crippen molar-refractivity contribution in [3.63, 3.8) is 0 Å². The van der Waals surface area contributed by atoms with E-state index in [4.69, 9.17) is 4.74 Å². The number of amides is 2. The Hall–Kier alpha value is -1.92. The summed E-state index contributed by atoms with van der Waals surface area (Å²) in [6, 6.07) is 7.65. The topological polar surface area (TPSA) is 70.7 Å². The van der Waals surface area contributed by atoms with E-state index < -0.39 is 0 Å². The Morgan fingerprint density at radius 2 is 2.04 bits per heavy atom. The average molecular weight is 371 g/mol. The Bertz CT molecular complexity index is 720. The molecule has 0 unspecified atom stereocenters. The van der Waals surface area contributed by atoms with E-state index in [2.05, 4.69) is 15.5 Å². The molecule has 1 aromatic rings. The first-order chi connectivity index (χ1) is 13.0. The van der Waals surface area contributed by atoms with Gasteiger partial charge in [0.15, 0.2) is 0 Å². The van der Waals surface area contributed by atoms with Crippen LogP contribution in [0.5, 0.6) is 0 Å². The van der Waals surface area contributed by atoms with E-state index in [0.29, 0.717) is 37.0 Å². The largest absolute Gasteiger partial charge is 0.370 e. The predicted molar refractivity (Wildman–Crippen MR) is 102 cm³/mol. The molecule has 146 valence electrons. The van der Waals surface area contributed by atoms with Crippen molar-refractivity contribution in [2.24, 2.45) is 11.8 Å². The third kappa shape index (κ3) is 3.48. The Kier molecular flexibility index (Phi) is 4.95. The average Bonchev–Trinajstić information content (AvgIpc) is 3.28. The molecule has 6 heteroatoms. The van der Waals surface area contributed by atoms with Gasteiger partial charge in [-0.15, -0.1) is 0 Å². The number of carbonyl (C=O) groups excluding carboxylic acids is 2. The molecule has 0 saturated carbocycles. The van der Waals surface area contributed by atoms with E-state index in [-0.39, 0.29) is 23.5 Å². The molecule has 2 bridgehead atoms. The van der Waals surface area contributed by atoms with Gasteiger partial charge in [-0.25, -0.2) is 0 Å². The summed E-state index contributed by atoms with van der Waals surface area (Å²) in [5.74, 6) is 0.771. The van der Waals surface area contributed by atoms with Crippen molar-refractivity contribution in [2.45, 2.75) is 38.4 Å². The molecule has 0 radical (unpaired) electrons. The van der Waals surface area contributed by atoms with Gasteiger partial charge in [0.1, 0.15) is 0 Å². The maximum Gasteiger partial charge on any atom is 0.251 e. The monoisotopic (exact) mass is 371 g/mol. The molecule has 1 aromatic carbocycles. The minimum Gasteiger partial charge on any atom is -0.370 e. The minimum atomic E-state index is -0.115. The van der Waals surface area contributed by atoms with E-state index >= 15 is 0 Å². The van der Waals surface area contributed by atoms with Crippen LogP contribution in [0.4, 0.5) is 0 Å². The van der Waals surface area contributed by atoms with Crippen LogP contribution in [-0.2, 0) is 9.53 Å². The molecule has 2 N–H and O–H groups in total. The molecule has 1 spiro atoms. The zero-order valence-electron chi connectivity index (χ0n) is 16.2. The highest BCUT2D eigenvalue weighted by atomic mass is 16.5. The Morgan fingerprint density at radius 3 is 2.78 bits per heavy atom. The number of hydrogen-bond donors (Lipinski definition) is 2. The summed E-state index contributed by atoms with van der Waals surface area (Å²) < 4.78 is 6.40. The van der Waals surface area contributed by atoms with Crippen LogP contribution in [-0.4, -0.2) is 61.1 Å². The highest BCUT2D eigenvalue weighted by molar-refractivity contribution is 5.94. The zero-order valence-corrected chi connectivity index (χ0v) is 16.2. The molecule has 3 aliphatic rings. The van der Waals surface area contributed by atoms with Crippen molar-refractivity contribution in [2.75, 3.05) is 32.7 Å². The summed E-state index contributed by atoms with van der Waals surface area (Å²) >= 11 is 0. The lowest BCUT2D eigenvalue weighted by molar-refractivity contribution is -0.122. The normalized spacial score (nSPS) is 31.7.